The number of ketones is 1. The first-order chi connectivity index (χ1) is 11.8. The van der Waals surface area contributed by atoms with E-state index in [1.807, 2.05) is 18.2 Å². The van der Waals surface area contributed by atoms with Crippen LogP contribution in [0.3, 0.4) is 0 Å². The molecular weight excluding hydrogens is 306 g/mol. The van der Waals surface area contributed by atoms with Crippen LogP contribution in [-0.2, 0) is 4.79 Å². The lowest BCUT2D eigenvalue weighted by Gasteiger charge is -2.40. The Morgan fingerprint density at radius 2 is 1.80 bits per heavy atom. The van der Waals surface area contributed by atoms with Gasteiger partial charge in [0.1, 0.15) is 0 Å². The quantitative estimate of drug-likeness (QED) is 0.567. The van der Waals surface area contributed by atoms with Gasteiger partial charge in [-0.15, -0.1) is 0 Å². The molecule has 3 unspecified atom stereocenters. The zero-order chi connectivity index (χ0) is 18.3. The van der Waals surface area contributed by atoms with Gasteiger partial charge in [0.05, 0.1) is 0 Å². The summed E-state index contributed by atoms with van der Waals surface area (Å²) in [4.78, 5) is 13.3. The van der Waals surface area contributed by atoms with Crippen molar-refractivity contribution in [1.29, 1.82) is 0 Å². The van der Waals surface area contributed by atoms with E-state index in [4.69, 9.17) is 0 Å². The average molecular weight is 340 g/mol. The van der Waals surface area contributed by atoms with Crippen molar-refractivity contribution in [3.8, 4) is 0 Å². The Kier molecular flexibility index (Phi) is 4.70. The highest BCUT2D eigenvalue weighted by Crippen LogP contribution is 2.72. The summed E-state index contributed by atoms with van der Waals surface area (Å²) in [5.41, 5.74) is 1.71. The Labute approximate surface area is 153 Å². The smallest absolute Gasteiger partial charge is 0.166 e. The minimum atomic E-state index is -0.273. The standard InChI is InChI=1S/C23H33NO/c1-6-7-11-14-24-19-16-22(4)20(25)18(23(19,5)21(22,2)3)15-17-12-9-8-10-13-17/h8-10,12-13,15,19,24H,6-7,11,14,16H2,1-5H3. The molecule has 1 aromatic rings. The zero-order valence-electron chi connectivity index (χ0n) is 16.5. The number of unbranched alkanes of at least 4 members (excludes halogenated alkanes) is 2. The summed E-state index contributed by atoms with van der Waals surface area (Å²) in [5.74, 6) is 0.357. The number of carbonyl (C=O) groups excluding carboxylic acids is 1. The third kappa shape index (κ3) is 2.52. The lowest BCUT2D eigenvalue weighted by atomic mass is 9.64. The van der Waals surface area contributed by atoms with Gasteiger partial charge in [0.2, 0.25) is 0 Å². The average Bonchev–Trinajstić information content (AvgIpc) is 2.81. The predicted molar refractivity (Wildman–Crippen MR) is 105 cm³/mol. The van der Waals surface area contributed by atoms with Crippen LogP contribution in [0, 0.1) is 16.2 Å². The van der Waals surface area contributed by atoms with E-state index in [1.54, 1.807) is 0 Å². The molecule has 2 heteroatoms. The molecule has 0 heterocycles. The molecule has 0 spiro atoms. The molecule has 0 aromatic heterocycles. The van der Waals surface area contributed by atoms with Crippen molar-refractivity contribution < 1.29 is 4.79 Å². The van der Waals surface area contributed by atoms with Gasteiger partial charge >= 0.3 is 0 Å². The molecule has 3 atom stereocenters. The molecule has 2 saturated carbocycles. The minimum absolute atomic E-state index is 0.0415. The second-order valence-corrected chi connectivity index (χ2v) is 8.88. The molecule has 0 saturated heterocycles. The highest BCUT2D eigenvalue weighted by molar-refractivity contribution is 6.09. The maximum absolute atomic E-state index is 13.3. The molecule has 2 aliphatic carbocycles. The van der Waals surface area contributed by atoms with Crippen LogP contribution in [0.2, 0.25) is 0 Å². The molecule has 2 aliphatic rings. The van der Waals surface area contributed by atoms with Crippen molar-refractivity contribution >= 4 is 11.9 Å². The highest BCUT2D eigenvalue weighted by Gasteiger charge is 2.73. The first-order valence-electron chi connectivity index (χ1n) is 9.84. The van der Waals surface area contributed by atoms with E-state index >= 15 is 0 Å². The normalized spacial score (nSPS) is 34.8. The van der Waals surface area contributed by atoms with E-state index in [-0.39, 0.29) is 16.2 Å². The molecule has 136 valence electrons. The van der Waals surface area contributed by atoms with Crippen LogP contribution in [0.1, 0.15) is 65.9 Å². The van der Waals surface area contributed by atoms with Gasteiger partial charge in [-0.3, -0.25) is 4.79 Å². The summed E-state index contributed by atoms with van der Waals surface area (Å²) in [5, 5.41) is 3.81. The third-order valence-corrected chi connectivity index (χ3v) is 7.57. The highest BCUT2D eigenvalue weighted by atomic mass is 16.1. The second-order valence-electron chi connectivity index (χ2n) is 8.88. The summed E-state index contributed by atoms with van der Waals surface area (Å²) < 4.78 is 0. The van der Waals surface area contributed by atoms with E-state index in [2.05, 4.69) is 58.1 Å². The van der Waals surface area contributed by atoms with Crippen LogP contribution in [0.25, 0.3) is 6.08 Å². The molecule has 2 fully saturated rings. The minimum Gasteiger partial charge on any atom is -0.313 e. The summed E-state index contributed by atoms with van der Waals surface area (Å²) in [7, 11) is 0. The first-order valence-corrected chi connectivity index (χ1v) is 9.84. The number of fused-ring (bicyclic) bond motifs is 2. The van der Waals surface area contributed by atoms with Gasteiger partial charge < -0.3 is 5.32 Å². The van der Waals surface area contributed by atoms with Gasteiger partial charge in [-0.2, -0.15) is 0 Å². The van der Waals surface area contributed by atoms with Crippen molar-refractivity contribution in [2.75, 3.05) is 6.54 Å². The molecule has 0 aliphatic heterocycles. The van der Waals surface area contributed by atoms with Crippen molar-refractivity contribution in [3.05, 3.63) is 41.5 Å². The van der Waals surface area contributed by atoms with Crippen LogP contribution in [0.15, 0.2) is 35.9 Å². The monoisotopic (exact) mass is 339 g/mol. The number of rotatable bonds is 6. The summed E-state index contributed by atoms with van der Waals surface area (Å²) in [6, 6.07) is 10.7. The van der Waals surface area contributed by atoms with Gasteiger partial charge in [-0.1, -0.05) is 77.8 Å². The van der Waals surface area contributed by atoms with Gasteiger partial charge in [0.25, 0.3) is 0 Å². The Balaban J connectivity index is 1.97. The lowest BCUT2D eigenvalue weighted by Crippen LogP contribution is -2.46. The maximum Gasteiger partial charge on any atom is 0.166 e. The molecule has 3 rings (SSSR count). The van der Waals surface area contributed by atoms with Crippen LogP contribution in [-0.4, -0.2) is 18.4 Å². The van der Waals surface area contributed by atoms with E-state index in [1.165, 1.54) is 19.3 Å². The van der Waals surface area contributed by atoms with Crippen molar-refractivity contribution in [2.24, 2.45) is 16.2 Å². The van der Waals surface area contributed by atoms with Crippen molar-refractivity contribution in [1.82, 2.24) is 5.32 Å². The number of hydrogen-bond acceptors (Lipinski definition) is 2. The Morgan fingerprint density at radius 1 is 1.12 bits per heavy atom. The predicted octanol–water partition coefficient (Wildman–Crippen LogP) is 5.24. The molecule has 0 amide bonds. The molecule has 25 heavy (non-hydrogen) atoms. The zero-order valence-corrected chi connectivity index (χ0v) is 16.5. The number of Topliss-reactive ketones (excluding diaryl/α,β-unsaturated/α-hetero) is 1. The fourth-order valence-corrected chi connectivity index (χ4v) is 5.17. The van der Waals surface area contributed by atoms with E-state index < -0.39 is 0 Å². The lowest BCUT2D eigenvalue weighted by molar-refractivity contribution is -0.125. The van der Waals surface area contributed by atoms with E-state index in [9.17, 15) is 4.79 Å². The van der Waals surface area contributed by atoms with Crippen LogP contribution in [0.4, 0.5) is 0 Å². The topological polar surface area (TPSA) is 29.1 Å². The summed E-state index contributed by atoms with van der Waals surface area (Å²) >= 11 is 0. The summed E-state index contributed by atoms with van der Waals surface area (Å²) in [6.07, 6.45) is 6.82. The fraction of sp³-hybridized carbons (Fsp3) is 0.609. The van der Waals surface area contributed by atoms with Gasteiger partial charge in [0, 0.05) is 22.4 Å². The second kappa shape index (κ2) is 6.39. The van der Waals surface area contributed by atoms with Crippen LogP contribution in [0.5, 0.6) is 0 Å². The van der Waals surface area contributed by atoms with E-state index in [0.717, 1.165) is 24.1 Å². The molecule has 2 nitrogen and oxygen atoms in total. The number of carbonyl (C=O) groups is 1. The van der Waals surface area contributed by atoms with Crippen LogP contribution < -0.4 is 5.32 Å². The van der Waals surface area contributed by atoms with Gasteiger partial charge in [-0.25, -0.2) is 0 Å². The third-order valence-electron chi connectivity index (χ3n) is 7.57. The molecule has 0 radical (unpaired) electrons. The van der Waals surface area contributed by atoms with E-state index in [0.29, 0.717) is 11.8 Å². The largest absolute Gasteiger partial charge is 0.313 e. The summed E-state index contributed by atoms with van der Waals surface area (Å²) in [6.45, 7) is 12.4. The van der Waals surface area contributed by atoms with Crippen molar-refractivity contribution in [3.63, 3.8) is 0 Å². The molecule has 1 aromatic carbocycles. The first kappa shape index (κ1) is 18.4. The molecule has 2 bridgehead atoms. The van der Waals surface area contributed by atoms with Gasteiger partial charge in [-0.05, 0) is 36.4 Å². The van der Waals surface area contributed by atoms with Crippen molar-refractivity contribution in [2.45, 2.75) is 66.3 Å². The fourth-order valence-electron chi connectivity index (χ4n) is 5.17. The SMILES string of the molecule is CCCCCNC1CC2(C)C(=O)C(=Cc3ccccc3)C1(C)C2(C)C. The van der Waals surface area contributed by atoms with Crippen LogP contribution >= 0.6 is 0 Å². The van der Waals surface area contributed by atoms with Gasteiger partial charge in [0.15, 0.2) is 5.78 Å². The number of nitrogens with one attached hydrogen (secondary N) is 1. The molecular formula is C23H33NO. The maximum atomic E-state index is 13.3. The number of benzene rings is 1. The Bertz CT molecular complexity index is 675. The number of hydrogen-bond donors (Lipinski definition) is 1. The Morgan fingerprint density at radius 3 is 2.40 bits per heavy atom. The Hall–Kier alpha value is -1.41. The molecule has 1 N–H and O–H groups in total.